The van der Waals surface area contributed by atoms with Crippen LogP contribution in [0.4, 0.5) is 8.78 Å². The second-order valence-electron chi connectivity index (χ2n) is 6.09. The molecule has 1 fully saturated rings. The topological polar surface area (TPSA) is 63.6 Å². The third-order valence-electron chi connectivity index (χ3n) is 3.92. The predicted molar refractivity (Wildman–Crippen MR) is 80.8 cm³/mol. The van der Waals surface area contributed by atoms with E-state index in [-0.39, 0.29) is 48.3 Å². The fourth-order valence-electron chi connectivity index (χ4n) is 2.90. The molecule has 0 unspecified atom stereocenters. The molecule has 1 N–H and O–H groups in total. The van der Waals surface area contributed by atoms with Gasteiger partial charge in [0.25, 0.3) is 0 Å². The lowest BCUT2D eigenvalue weighted by Gasteiger charge is -2.30. The summed E-state index contributed by atoms with van der Waals surface area (Å²) in [6.45, 7) is 1.46. The van der Waals surface area contributed by atoms with Gasteiger partial charge in [0.05, 0.1) is 0 Å². The Morgan fingerprint density at radius 3 is 2.43 bits per heavy atom. The Bertz CT molecular complexity index is 573. The maximum Gasteiger partial charge on any atom is 0.458 e. The second-order valence-corrected chi connectivity index (χ2v) is 6.09. The van der Waals surface area contributed by atoms with Crippen molar-refractivity contribution in [1.82, 2.24) is 0 Å². The van der Waals surface area contributed by atoms with Gasteiger partial charge in [-0.3, -0.25) is 9.59 Å². The molecule has 124 valence electrons. The van der Waals surface area contributed by atoms with Crippen molar-refractivity contribution in [3.8, 4) is 0 Å². The lowest BCUT2D eigenvalue weighted by molar-refractivity contribution is -0.120. The molecular weight excluding hydrogens is 305 g/mol. The van der Waals surface area contributed by atoms with Crippen molar-refractivity contribution in [2.75, 3.05) is 0 Å². The molecule has 0 saturated carbocycles. The molecule has 0 amide bonds. The Kier molecular flexibility index (Phi) is 6.01. The van der Waals surface area contributed by atoms with E-state index in [2.05, 4.69) is 0 Å². The van der Waals surface area contributed by atoms with E-state index in [9.17, 15) is 23.4 Å². The number of benzene rings is 1. The molecule has 1 saturated heterocycles. The number of hydrogen-bond acceptors (Lipinski definition) is 4. The number of Topliss-reactive ketones (excluding diaryl/α,β-unsaturated/α-hetero) is 2. The predicted octanol–water partition coefficient (Wildman–Crippen LogP) is 2.48. The van der Waals surface area contributed by atoms with E-state index in [1.54, 1.807) is 0 Å². The Balaban J connectivity index is 1.87. The zero-order chi connectivity index (χ0) is 17.0. The molecule has 0 radical (unpaired) electrons. The summed E-state index contributed by atoms with van der Waals surface area (Å²) >= 11 is 0. The molecule has 7 heteroatoms. The van der Waals surface area contributed by atoms with Crippen LogP contribution in [0.15, 0.2) is 18.2 Å². The minimum absolute atomic E-state index is 0.00939. The van der Waals surface area contributed by atoms with Gasteiger partial charge in [-0.25, -0.2) is 8.78 Å². The third-order valence-corrected chi connectivity index (χ3v) is 3.92. The van der Waals surface area contributed by atoms with E-state index in [0.717, 1.165) is 18.2 Å². The Morgan fingerprint density at radius 2 is 1.87 bits per heavy atom. The Morgan fingerprint density at radius 1 is 1.22 bits per heavy atom. The summed E-state index contributed by atoms with van der Waals surface area (Å²) in [6, 6.07) is 3.00. The zero-order valence-corrected chi connectivity index (χ0v) is 12.9. The first-order valence-corrected chi connectivity index (χ1v) is 7.63. The summed E-state index contributed by atoms with van der Waals surface area (Å²) < 4.78 is 31.6. The SMILES string of the molecule is CC(=O)C[C@@H]1CC[C@H](CC(=O)Cc2cc(F)cc(F)c2)B(O)O1. The molecule has 2 rings (SSSR count). The summed E-state index contributed by atoms with van der Waals surface area (Å²) in [5, 5.41) is 9.95. The molecule has 23 heavy (non-hydrogen) atoms. The zero-order valence-electron chi connectivity index (χ0n) is 12.9. The van der Waals surface area contributed by atoms with Crippen LogP contribution in [0.1, 0.15) is 38.2 Å². The van der Waals surface area contributed by atoms with Crippen molar-refractivity contribution in [3.63, 3.8) is 0 Å². The van der Waals surface area contributed by atoms with Crippen molar-refractivity contribution in [2.24, 2.45) is 0 Å². The summed E-state index contributed by atoms with van der Waals surface area (Å²) in [5.41, 5.74) is 0.271. The van der Waals surface area contributed by atoms with E-state index in [4.69, 9.17) is 4.65 Å². The van der Waals surface area contributed by atoms with E-state index in [1.807, 2.05) is 0 Å². The molecule has 0 spiro atoms. The lowest BCUT2D eigenvalue weighted by atomic mass is 9.64. The Labute approximate surface area is 134 Å². The van der Waals surface area contributed by atoms with E-state index >= 15 is 0 Å². The molecular formula is C16H19BF2O4. The maximum absolute atomic E-state index is 13.1. The smallest absolute Gasteiger partial charge is 0.427 e. The van der Waals surface area contributed by atoms with Gasteiger partial charge in [0, 0.05) is 37.3 Å². The van der Waals surface area contributed by atoms with Crippen LogP contribution in [0, 0.1) is 11.6 Å². The van der Waals surface area contributed by atoms with Gasteiger partial charge in [-0.15, -0.1) is 0 Å². The van der Waals surface area contributed by atoms with Crippen LogP contribution in [0.25, 0.3) is 0 Å². The summed E-state index contributed by atoms with van der Waals surface area (Å²) in [7, 11) is -1.10. The highest BCUT2D eigenvalue weighted by atomic mass is 19.1. The molecule has 0 aromatic heterocycles. The molecule has 1 aliphatic rings. The first-order valence-electron chi connectivity index (χ1n) is 7.63. The number of carbonyl (C=O) groups is 2. The third kappa shape index (κ3) is 5.51. The fraction of sp³-hybridized carbons (Fsp3) is 0.500. The summed E-state index contributed by atoms with van der Waals surface area (Å²) in [5.74, 6) is -2.02. The van der Waals surface area contributed by atoms with Crippen LogP contribution in [0.5, 0.6) is 0 Å². The van der Waals surface area contributed by atoms with Crippen molar-refractivity contribution < 1.29 is 28.0 Å². The van der Waals surface area contributed by atoms with Crippen LogP contribution >= 0.6 is 0 Å². The van der Waals surface area contributed by atoms with Crippen LogP contribution < -0.4 is 0 Å². The number of halogens is 2. The normalized spacial score (nSPS) is 21.3. The first-order chi connectivity index (χ1) is 10.8. The fourth-order valence-corrected chi connectivity index (χ4v) is 2.90. The Hall–Kier alpha value is -1.60. The van der Waals surface area contributed by atoms with Gasteiger partial charge in [-0.2, -0.15) is 0 Å². The maximum atomic E-state index is 13.1. The molecule has 2 atom stereocenters. The molecule has 1 aliphatic heterocycles. The second kappa shape index (κ2) is 7.79. The number of carbonyl (C=O) groups excluding carboxylic acids is 2. The minimum Gasteiger partial charge on any atom is -0.427 e. The van der Waals surface area contributed by atoms with Gasteiger partial charge in [-0.1, -0.05) is 0 Å². The van der Waals surface area contributed by atoms with E-state index in [1.165, 1.54) is 6.92 Å². The van der Waals surface area contributed by atoms with Gasteiger partial charge >= 0.3 is 7.12 Å². The van der Waals surface area contributed by atoms with Gasteiger partial charge in [0.15, 0.2) is 0 Å². The van der Waals surface area contributed by atoms with Crippen LogP contribution in [-0.2, 0) is 20.7 Å². The van der Waals surface area contributed by atoms with Crippen molar-refractivity contribution in [3.05, 3.63) is 35.4 Å². The van der Waals surface area contributed by atoms with Crippen LogP contribution in [0.2, 0.25) is 5.82 Å². The van der Waals surface area contributed by atoms with Gasteiger partial charge in [0.1, 0.15) is 23.2 Å². The molecule has 0 aliphatic carbocycles. The molecule has 1 heterocycles. The minimum atomic E-state index is -1.10. The summed E-state index contributed by atoms with van der Waals surface area (Å²) in [4.78, 5) is 23.1. The van der Waals surface area contributed by atoms with Gasteiger partial charge < -0.3 is 9.68 Å². The average molecular weight is 324 g/mol. The van der Waals surface area contributed by atoms with E-state index in [0.29, 0.717) is 12.8 Å². The highest BCUT2D eigenvalue weighted by Crippen LogP contribution is 2.31. The molecule has 1 aromatic carbocycles. The average Bonchev–Trinajstić information content (AvgIpc) is 2.40. The van der Waals surface area contributed by atoms with Crippen molar-refractivity contribution >= 4 is 18.7 Å². The van der Waals surface area contributed by atoms with Gasteiger partial charge in [-0.05, 0) is 37.5 Å². The number of hydrogen-bond donors (Lipinski definition) is 1. The van der Waals surface area contributed by atoms with Crippen LogP contribution in [-0.4, -0.2) is 29.8 Å². The quantitative estimate of drug-likeness (QED) is 0.817. The van der Waals surface area contributed by atoms with Crippen molar-refractivity contribution in [1.29, 1.82) is 0 Å². The molecule has 1 aromatic rings. The standard InChI is InChI=1S/C16H19BF2O4/c1-10(20)4-16-3-2-12(17(22)23-16)8-15(21)7-11-5-13(18)9-14(19)6-11/h5-6,9,12,16,22H,2-4,7-8H2,1H3/t12-,16+/m1/s1. The highest BCUT2D eigenvalue weighted by molar-refractivity contribution is 6.45. The van der Waals surface area contributed by atoms with Gasteiger partial charge in [0.2, 0.25) is 0 Å². The van der Waals surface area contributed by atoms with Crippen molar-refractivity contribution in [2.45, 2.75) is 50.9 Å². The largest absolute Gasteiger partial charge is 0.458 e. The molecule has 0 bridgehead atoms. The monoisotopic (exact) mass is 324 g/mol. The van der Waals surface area contributed by atoms with E-state index < -0.39 is 18.8 Å². The number of ketones is 2. The first kappa shape index (κ1) is 17.8. The van der Waals surface area contributed by atoms with Crippen LogP contribution in [0.3, 0.4) is 0 Å². The summed E-state index contributed by atoms with van der Waals surface area (Å²) in [6.07, 6.45) is 1.10. The highest BCUT2D eigenvalue weighted by Gasteiger charge is 2.36. The molecule has 4 nitrogen and oxygen atoms in total. The lowest BCUT2D eigenvalue weighted by Crippen LogP contribution is -2.37. The number of rotatable bonds is 6.